The zero-order chi connectivity index (χ0) is 14.8. The zero-order valence-electron chi connectivity index (χ0n) is 10.9. The minimum atomic E-state index is -1.06. The lowest BCUT2D eigenvalue weighted by molar-refractivity contribution is 0.0691. The number of benzene rings is 2. The van der Waals surface area contributed by atoms with Gasteiger partial charge in [-0.15, -0.1) is 0 Å². The lowest BCUT2D eigenvalue weighted by Gasteiger charge is -2.10. The molecule has 3 rings (SSSR count). The van der Waals surface area contributed by atoms with Crippen LogP contribution in [0, 0.1) is 0 Å². The van der Waals surface area contributed by atoms with E-state index in [1.807, 2.05) is 36.4 Å². The molecule has 4 nitrogen and oxygen atoms in total. The molecule has 0 bridgehead atoms. The standard InChI is InChI=1S/C16H11ClN2O2/c17-11-5-7-12(8-6-11)18-15-13-4-2-1-3-10(13)9-14(19-15)16(20)21/h1-9H,(H,18,19)(H,20,21). The molecular formula is C16H11ClN2O2. The molecule has 0 saturated heterocycles. The topological polar surface area (TPSA) is 62.2 Å². The van der Waals surface area contributed by atoms with E-state index in [0.29, 0.717) is 10.8 Å². The molecule has 0 saturated carbocycles. The first-order valence-electron chi connectivity index (χ1n) is 6.29. The van der Waals surface area contributed by atoms with Crippen molar-refractivity contribution < 1.29 is 9.90 Å². The maximum absolute atomic E-state index is 11.2. The second kappa shape index (κ2) is 5.42. The van der Waals surface area contributed by atoms with Gasteiger partial charge in [-0.25, -0.2) is 9.78 Å². The molecule has 1 heterocycles. The van der Waals surface area contributed by atoms with Gasteiger partial charge >= 0.3 is 5.97 Å². The van der Waals surface area contributed by atoms with Crippen molar-refractivity contribution in [1.82, 2.24) is 4.98 Å². The van der Waals surface area contributed by atoms with Gasteiger partial charge in [-0.05, 0) is 35.7 Å². The van der Waals surface area contributed by atoms with E-state index in [9.17, 15) is 4.79 Å². The van der Waals surface area contributed by atoms with Crippen LogP contribution in [0.4, 0.5) is 11.5 Å². The highest BCUT2D eigenvalue weighted by Gasteiger charge is 2.10. The number of anilines is 2. The van der Waals surface area contributed by atoms with Gasteiger partial charge in [0.2, 0.25) is 0 Å². The molecular weight excluding hydrogens is 288 g/mol. The van der Waals surface area contributed by atoms with E-state index in [1.54, 1.807) is 18.2 Å². The molecule has 21 heavy (non-hydrogen) atoms. The van der Waals surface area contributed by atoms with Crippen LogP contribution in [0.5, 0.6) is 0 Å². The predicted octanol–water partition coefficient (Wildman–Crippen LogP) is 4.33. The van der Waals surface area contributed by atoms with E-state index in [0.717, 1.165) is 16.5 Å². The number of carboxylic acid groups (broad SMARTS) is 1. The summed E-state index contributed by atoms with van der Waals surface area (Å²) in [4.78, 5) is 15.4. The quantitative estimate of drug-likeness (QED) is 0.755. The average Bonchev–Trinajstić information content (AvgIpc) is 2.49. The number of aromatic carboxylic acids is 1. The highest BCUT2D eigenvalue weighted by Crippen LogP contribution is 2.26. The second-order valence-electron chi connectivity index (χ2n) is 4.51. The minimum absolute atomic E-state index is 0.00478. The Labute approximate surface area is 126 Å². The lowest BCUT2D eigenvalue weighted by Crippen LogP contribution is -2.04. The van der Waals surface area contributed by atoms with Gasteiger partial charge in [0.1, 0.15) is 5.82 Å². The number of fused-ring (bicyclic) bond motifs is 1. The van der Waals surface area contributed by atoms with Crippen molar-refractivity contribution in [3.8, 4) is 0 Å². The summed E-state index contributed by atoms with van der Waals surface area (Å²) < 4.78 is 0. The summed E-state index contributed by atoms with van der Waals surface area (Å²) in [6, 6.07) is 16.2. The average molecular weight is 299 g/mol. The van der Waals surface area contributed by atoms with Crippen molar-refractivity contribution in [2.24, 2.45) is 0 Å². The van der Waals surface area contributed by atoms with Crippen molar-refractivity contribution >= 4 is 39.8 Å². The number of pyridine rings is 1. The number of nitrogens with one attached hydrogen (secondary N) is 1. The monoisotopic (exact) mass is 298 g/mol. The Morgan fingerprint density at radius 2 is 1.81 bits per heavy atom. The molecule has 0 atom stereocenters. The normalized spacial score (nSPS) is 10.5. The number of aromatic nitrogens is 1. The Morgan fingerprint density at radius 1 is 1.10 bits per heavy atom. The van der Waals surface area contributed by atoms with E-state index in [1.165, 1.54) is 0 Å². The highest BCUT2D eigenvalue weighted by molar-refractivity contribution is 6.30. The predicted molar refractivity (Wildman–Crippen MR) is 83.4 cm³/mol. The Balaban J connectivity index is 2.11. The van der Waals surface area contributed by atoms with Crippen LogP contribution >= 0.6 is 11.6 Å². The van der Waals surface area contributed by atoms with Gasteiger partial charge in [0.25, 0.3) is 0 Å². The fourth-order valence-corrected chi connectivity index (χ4v) is 2.20. The summed E-state index contributed by atoms with van der Waals surface area (Å²) in [5.74, 6) is -0.548. The highest BCUT2D eigenvalue weighted by atomic mass is 35.5. The van der Waals surface area contributed by atoms with Gasteiger partial charge in [0, 0.05) is 16.1 Å². The molecule has 2 aromatic carbocycles. The van der Waals surface area contributed by atoms with Crippen LogP contribution in [0.1, 0.15) is 10.5 Å². The number of rotatable bonds is 3. The molecule has 0 aliphatic heterocycles. The summed E-state index contributed by atoms with van der Waals surface area (Å²) in [7, 11) is 0. The van der Waals surface area contributed by atoms with Gasteiger partial charge in [-0.3, -0.25) is 0 Å². The number of hydrogen-bond acceptors (Lipinski definition) is 3. The van der Waals surface area contributed by atoms with Crippen LogP contribution in [0.25, 0.3) is 10.8 Å². The molecule has 0 aliphatic rings. The molecule has 0 amide bonds. The molecule has 3 aromatic rings. The van der Waals surface area contributed by atoms with E-state index in [4.69, 9.17) is 16.7 Å². The molecule has 0 fully saturated rings. The van der Waals surface area contributed by atoms with Crippen LogP contribution in [0.3, 0.4) is 0 Å². The van der Waals surface area contributed by atoms with Crippen molar-refractivity contribution in [2.75, 3.05) is 5.32 Å². The van der Waals surface area contributed by atoms with Crippen molar-refractivity contribution in [1.29, 1.82) is 0 Å². The Bertz CT molecular complexity index is 816. The fraction of sp³-hybridized carbons (Fsp3) is 0. The first kappa shape index (κ1) is 13.4. The third-order valence-electron chi connectivity index (χ3n) is 3.07. The molecule has 0 spiro atoms. The van der Waals surface area contributed by atoms with Gasteiger partial charge < -0.3 is 10.4 Å². The molecule has 1 aromatic heterocycles. The van der Waals surface area contributed by atoms with Crippen molar-refractivity contribution in [3.05, 3.63) is 65.3 Å². The van der Waals surface area contributed by atoms with Crippen LogP contribution in [0.2, 0.25) is 5.02 Å². The van der Waals surface area contributed by atoms with Crippen LogP contribution in [-0.2, 0) is 0 Å². The van der Waals surface area contributed by atoms with Gasteiger partial charge in [0.05, 0.1) is 0 Å². The first-order chi connectivity index (χ1) is 10.1. The minimum Gasteiger partial charge on any atom is -0.477 e. The molecule has 104 valence electrons. The Morgan fingerprint density at radius 3 is 2.52 bits per heavy atom. The Kier molecular flexibility index (Phi) is 3.46. The van der Waals surface area contributed by atoms with Crippen LogP contribution < -0.4 is 5.32 Å². The maximum Gasteiger partial charge on any atom is 0.354 e. The summed E-state index contributed by atoms with van der Waals surface area (Å²) >= 11 is 5.86. The molecule has 0 unspecified atom stereocenters. The first-order valence-corrected chi connectivity index (χ1v) is 6.67. The van der Waals surface area contributed by atoms with Gasteiger partial charge in [0.15, 0.2) is 5.69 Å². The molecule has 0 radical (unpaired) electrons. The van der Waals surface area contributed by atoms with E-state index in [2.05, 4.69) is 10.3 Å². The summed E-state index contributed by atoms with van der Waals surface area (Å²) in [5.41, 5.74) is 0.796. The van der Waals surface area contributed by atoms with Crippen molar-refractivity contribution in [2.45, 2.75) is 0 Å². The van der Waals surface area contributed by atoms with Crippen LogP contribution in [0.15, 0.2) is 54.6 Å². The Hall–Kier alpha value is -2.59. The van der Waals surface area contributed by atoms with E-state index >= 15 is 0 Å². The summed E-state index contributed by atoms with van der Waals surface area (Å²) in [6.45, 7) is 0. The third kappa shape index (κ3) is 2.80. The second-order valence-corrected chi connectivity index (χ2v) is 4.95. The third-order valence-corrected chi connectivity index (χ3v) is 3.32. The maximum atomic E-state index is 11.2. The lowest BCUT2D eigenvalue weighted by atomic mass is 10.1. The molecule has 5 heteroatoms. The van der Waals surface area contributed by atoms with Crippen LogP contribution in [-0.4, -0.2) is 16.1 Å². The number of nitrogens with zero attached hydrogens (tertiary/aromatic N) is 1. The summed E-state index contributed by atoms with van der Waals surface area (Å²) in [5, 5.41) is 14.6. The summed E-state index contributed by atoms with van der Waals surface area (Å²) in [6.07, 6.45) is 0. The van der Waals surface area contributed by atoms with Gasteiger partial charge in [-0.2, -0.15) is 0 Å². The number of hydrogen-bond donors (Lipinski definition) is 2. The molecule has 0 aliphatic carbocycles. The van der Waals surface area contributed by atoms with E-state index < -0.39 is 5.97 Å². The number of carbonyl (C=O) groups is 1. The van der Waals surface area contributed by atoms with Gasteiger partial charge in [-0.1, -0.05) is 35.9 Å². The fourth-order valence-electron chi connectivity index (χ4n) is 2.07. The number of halogens is 1. The van der Waals surface area contributed by atoms with Crippen molar-refractivity contribution in [3.63, 3.8) is 0 Å². The van der Waals surface area contributed by atoms with E-state index in [-0.39, 0.29) is 5.69 Å². The zero-order valence-corrected chi connectivity index (χ0v) is 11.6. The smallest absolute Gasteiger partial charge is 0.354 e. The number of carboxylic acids is 1. The SMILES string of the molecule is O=C(O)c1cc2ccccc2c(Nc2ccc(Cl)cc2)n1. The molecule has 2 N–H and O–H groups in total. The largest absolute Gasteiger partial charge is 0.477 e.